The summed E-state index contributed by atoms with van der Waals surface area (Å²) in [5, 5.41) is 2.38. The number of amides is 1. The molecule has 0 radical (unpaired) electrons. The van der Waals surface area contributed by atoms with E-state index in [1.54, 1.807) is 17.0 Å². The Morgan fingerprint density at radius 1 is 1.33 bits per heavy atom. The van der Waals surface area contributed by atoms with E-state index in [2.05, 4.69) is 10.3 Å². The lowest BCUT2D eigenvalue weighted by Crippen LogP contribution is -2.40. The molecule has 7 nitrogen and oxygen atoms in total. The molecule has 0 aromatic carbocycles. The fourth-order valence-corrected chi connectivity index (χ4v) is 4.28. The van der Waals surface area contributed by atoms with Gasteiger partial charge in [0, 0.05) is 24.9 Å². The predicted molar refractivity (Wildman–Crippen MR) is 87.8 cm³/mol. The molecule has 1 aromatic rings. The average molecular weight is 351 g/mol. The molecule has 3 heterocycles. The first kappa shape index (κ1) is 16.8. The lowest BCUT2D eigenvalue weighted by molar-refractivity contribution is 0.0295. The van der Waals surface area contributed by atoms with Crippen LogP contribution in [0.15, 0.2) is 40.7 Å². The number of ether oxygens (including phenoxy) is 1. The molecular weight excluding hydrogens is 330 g/mol. The number of nitrogens with one attached hydrogen (secondary N) is 1. The van der Waals surface area contributed by atoms with Gasteiger partial charge in [0.05, 0.1) is 6.54 Å². The number of pyridine rings is 1. The fraction of sp³-hybridized carbons (Fsp3) is 0.500. The predicted octanol–water partition coefficient (Wildman–Crippen LogP) is 1.68. The van der Waals surface area contributed by atoms with Gasteiger partial charge in [0.15, 0.2) is 5.03 Å². The zero-order valence-electron chi connectivity index (χ0n) is 13.9. The number of carbonyl (C=O) groups is 1. The fourth-order valence-electron chi connectivity index (χ4n) is 2.79. The summed E-state index contributed by atoms with van der Waals surface area (Å²) in [7, 11) is -3.55. The molecule has 0 bridgehead atoms. The number of aromatic nitrogens is 1. The van der Waals surface area contributed by atoms with Crippen molar-refractivity contribution < 1.29 is 17.9 Å². The highest BCUT2D eigenvalue weighted by atomic mass is 32.2. The molecular formula is C16H21N3O4S. The van der Waals surface area contributed by atoms with Crippen LogP contribution < -0.4 is 5.32 Å². The molecule has 0 fully saturated rings. The second-order valence-corrected chi connectivity index (χ2v) is 9.05. The van der Waals surface area contributed by atoms with Gasteiger partial charge in [-0.3, -0.25) is 4.90 Å². The van der Waals surface area contributed by atoms with E-state index in [4.69, 9.17) is 4.74 Å². The van der Waals surface area contributed by atoms with Gasteiger partial charge in [-0.2, -0.15) is 0 Å². The minimum atomic E-state index is -3.55. The standard InChI is InChI=1S/C16H21N3O4S/c1-16(2,3)23-15(20)19-9-11-8-14(18-12(11)10-19)24(21,22)13-6-4-5-7-17-13/h4-7,14,18H,8-10H2,1-3H3. The minimum absolute atomic E-state index is 0.0627. The summed E-state index contributed by atoms with van der Waals surface area (Å²) in [6.07, 6.45) is 1.43. The van der Waals surface area contributed by atoms with Gasteiger partial charge in [-0.15, -0.1) is 0 Å². The Morgan fingerprint density at radius 2 is 2.08 bits per heavy atom. The monoisotopic (exact) mass is 351 g/mol. The van der Waals surface area contributed by atoms with Crippen molar-refractivity contribution in [3.05, 3.63) is 35.7 Å². The molecule has 0 spiro atoms. The van der Waals surface area contributed by atoms with Crippen molar-refractivity contribution in [1.82, 2.24) is 15.2 Å². The zero-order chi connectivity index (χ0) is 17.5. The van der Waals surface area contributed by atoms with Crippen LogP contribution in [0, 0.1) is 0 Å². The molecule has 8 heteroatoms. The van der Waals surface area contributed by atoms with Crippen LogP contribution in [-0.4, -0.2) is 48.5 Å². The molecule has 1 amide bonds. The second-order valence-electron chi connectivity index (χ2n) is 6.97. The smallest absolute Gasteiger partial charge is 0.410 e. The Hall–Kier alpha value is -2.09. The number of nitrogens with zero attached hydrogens (tertiary/aromatic N) is 2. The van der Waals surface area contributed by atoms with E-state index in [1.165, 1.54) is 12.3 Å². The summed E-state index contributed by atoms with van der Waals surface area (Å²) < 4.78 is 30.6. The van der Waals surface area contributed by atoms with E-state index >= 15 is 0 Å². The van der Waals surface area contributed by atoms with Gasteiger partial charge in [-0.25, -0.2) is 18.2 Å². The molecule has 3 rings (SSSR count). The molecule has 0 aliphatic carbocycles. The van der Waals surface area contributed by atoms with Crippen molar-refractivity contribution in [2.75, 3.05) is 13.1 Å². The van der Waals surface area contributed by atoms with Crippen LogP contribution in [0.2, 0.25) is 0 Å². The maximum atomic E-state index is 12.6. The van der Waals surface area contributed by atoms with Crippen LogP contribution in [0.5, 0.6) is 0 Å². The second kappa shape index (κ2) is 5.77. The van der Waals surface area contributed by atoms with Gasteiger partial charge in [-0.1, -0.05) is 6.07 Å². The van der Waals surface area contributed by atoms with Crippen molar-refractivity contribution in [1.29, 1.82) is 0 Å². The highest BCUT2D eigenvalue weighted by Crippen LogP contribution is 2.31. The highest BCUT2D eigenvalue weighted by molar-refractivity contribution is 7.92. The van der Waals surface area contributed by atoms with Crippen molar-refractivity contribution in [3.8, 4) is 0 Å². The topological polar surface area (TPSA) is 88.6 Å². The van der Waals surface area contributed by atoms with Crippen molar-refractivity contribution in [3.63, 3.8) is 0 Å². The van der Waals surface area contributed by atoms with E-state index in [0.29, 0.717) is 19.5 Å². The highest BCUT2D eigenvalue weighted by Gasteiger charge is 2.40. The summed E-state index contributed by atoms with van der Waals surface area (Å²) in [6, 6.07) is 4.83. The van der Waals surface area contributed by atoms with E-state index < -0.39 is 20.8 Å². The van der Waals surface area contributed by atoms with Gasteiger partial charge >= 0.3 is 6.09 Å². The Labute approximate surface area is 141 Å². The summed E-state index contributed by atoms with van der Waals surface area (Å²) in [6.45, 7) is 6.19. The SMILES string of the molecule is CC(C)(C)OC(=O)N1CC2=C(C1)NC(S(=O)(=O)c1ccccn1)C2. The third-order valence-corrected chi connectivity index (χ3v) is 5.74. The Morgan fingerprint density at radius 3 is 2.67 bits per heavy atom. The molecule has 24 heavy (non-hydrogen) atoms. The average Bonchev–Trinajstić information content (AvgIpc) is 3.05. The molecule has 0 saturated carbocycles. The van der Waals surface area contributed by atoms with Gasteiger partial charge in [0.1, 0.15) is 11.0 Å². The van der Waals surface area contributed by atoms with Crippen molar-refractivity contribution in [2.45, 2.75) is 43.2 Å². The van der Waals surface area contributed by atoms with E-state index in [0.717, 1.165) is 11.3 Å². The van der Waals surface area contributed by atoms with Gasteiger partial charge in [0.25, 0.3) is 0 Å². The van der Waals surface area contributed by atoms with Crippen molar-refractivity contribution >= 4 is 15.9 Å². The lowest BCUT2D eigenvalue weighted by atomic mass is 10.2. The molecule has 2 aliphatic heterocycles. The third kappa shape index (κ3) is 3.24. The minimum Gasteiger partial charge on any atom is -0.444 e. The molecule has 1 N–H and O–H groups in total. The molecule has 130 valence electrons. The zero-order valence-corrected chi connectivity index (χ0v) is 14.8. The van der Waals surface area contributed by atoms with Crippen LogP contribution >= 0.6 is 0 Å². The summed E-state index contributed by atoms with van der Waals surface area (Å²) in [5.74, 6) is 0. The first-order valence-corrected chi connectivity index (χ1v) is 9.32. The number of rotatable bonds is 2. The largest absolute Gasteiger partial charge is 0.444 e. The summed E-state index contributed by atoms with van der Waals surface area (Å²) in [5.41, 5.74) is 1.18. The molecule has 1 unspecified atom stereocenters. The third-order valence-electron chi connectivity index (χ3n) is 3.88. The van der Waals surface area contributed by atoms with Crippen molar-refractivity contribution in [2.24, 2.45) is 0 Å². The lowest BCUT2D eigenvalue weighted by Gasteiger charge is -2.26. The molecule has 0 saturated heterocycles. The van der Waals surface area contributed by atoms with E-state index in [-0.39, 0.29) is 11.1 Å². The number of carbonyl (C=O) groups excluding carboxylic acids is 1. The summed E-state index contributed by atoms with van der Waals surface area (Å²) in [4.78, 5) is 17.6. The van der Waals surface area contributed by atoms with Gasteiger partial charge in [0.2, 0.25) is 9.84 Å². The van der Waals surface area contributed by atoms with Gasteiger partial charge < -0.3 is 10.1 Å². The molecule has 1 aromatic heterocycles. The first-order valence-electron chi connectivity index (χ1n) is 7.77. The van der Waals surface area contributed by atoms with E-state index in [9.17, 15) is 13.2 Å². The quantitative estimate of drug-likeness (QED) is 0.872. The molecule has 1 atom stereocenters. The van der Waals surface area contributed by atoms with Crippen LogP contribution in [0.3, 0.4) is 0 Å². The Bertz CT molecular complexity index is 763. The van der Waals surface area contributed by atoms with Gasteiger partial charge in [-0.05, 0) is 38.5 Å². The first-order chi connectivity index (χ1) is 11.2. The van der Waals surface area contributed by atoms with E-state index in [1.807, 2.05) is 20.8 Å². The molecule has 2 aliphatic rings. The number of hydrogen-bond acceptors (Lipinski definition) is 6. The van der Waals surface area contributed by atoms with Crippen LogP contribution in [0.25, 0.3) is 0 Å². The Balaban J connectivity index is 1.65. The van der Waals surface area contributed by atoms with Crippen LogP contribution in [-0.2, 0) is 14.6 Å². The normalized spacial score (nSPS) is 20.8. The Kier molecular flexibility index (Phi) is 4.03. The summed E-state index contributed by atoms with van der Waals surface area (Å²) >= 11 is 0. The maximum Gasteiger partial charge on any atom is 0.410 e. The van der Waals surface area contributed by atoms with Crippen LogP contribution in [0.1, 0.15) is 27.2 Å². The van der Waals surface area contributed by atoms with Crippen LogP contribution in [0.4, 0.5) is 4.79 Å². The number of sulfone groups is 1. The maximum absolute atomic E-state index is 12.6. The number of hydrogen-bond donors (Lipinski definition) is 1.